The van der Waals surface area contributed by atoms with Crippen LogP contribution in [0, 0.1) is 5.92 Å². The van der Waals surface area contributed by atoms with E-state index in [4.69, 9.17) is 21.1 Å². The van der Waals surface area contributed by atoms with Crippen LogP contribution in [0.4, 0.5) is 4.79 Å². The highest BCUT2D eigenvalue weighted by atomic mass is 35.5. The maximum Gasteiger partial charge on any atom is 0.407 e. The second-order valence-corrected chi connectivity index (χ2v) is 7.63. The molecule has 0 unspecified atom stereocenters. The fourth-order valence-electron chi connectivity index (χ4n) is 2.87. The number of carbonyl (C=O) groups is 2. The van der Waals surface area contributed by atoms with Crippen LogP contribution in [0.25, 0.3) is 0 Å². The third-order valence-electron chi connectivity index (χ3n) is 3.89. The van der Waals surface area contributed by atoms with Crippen LogP contribution >= 0.6 is 11.6 Å². The summed E-state index contributed by atoms with van der Waals surface area (Å²) in [6.07, 6.45) is 7.93. The molecule has 0 spiro atoms. The summed E-state index contributed by atoms with van der Waals surface area (Å²) in [5.74, 6) is -0.150. The van der Waals surface area contributed by atoms with Crippen molar-refractivity contribution in [2.24, 2.45) is 5.92 Å². The Morgan fingerprint density at radius 2 is 1.88 bits per heavy atom. The number of carbonyl (C=O) groups excluding carboxylic acids is 2. The van der Waals surface area contributed by atoms with Crippen LogP contribution in [-0.2, 0) is 14.3 Å². The quantitative estimate of drug-likeness (QED) is 0.439. The summed E-state index contributed by atoms with van der Waals surface area (Å²) >= 11 is 6.47. The van der Waals surface area contributed by atoms with Gasteiger partial charge in [0.05, 0.1) is 18.0 Å². The lowest BCUT2D eigenvalue weighted by atomic mass is 9.82. The van der Waals surface area contributed by atoms with Crippen LogP contribution in [-0.4, -0.2) is 35.7 Å². The van der Waals surface area contributed by atoms with E-state index in [1.54, 1.807) is 13.0 Å². The maximum absolute atomic E-state index is 12.1. The molecule has 0 saturated heterocycles. The molecule has 1 fully saturated rings. The van der Waals surface area contributed by atoms with Crippen molar-refractivity contribution in [3.05, 3.63) is 12.2 Å². The van der Waals surface area contributed by atoms with Crippen molar-refractivity contribution in [3.63, 3.8) is 0 Å². The van der Waals surface area contributed by atoms with E-state index in [1.165, 1.54) is 12.5 Å². The number of rotatable bonds is 6. The van der Waals surface area contributed by atoms with Crippen LogP contribution in [0.5, 0.6) is 0 Å². The first-order valence-electron chi connectivity index (χ1n) is 8.71. The Morgan fingerprint density at radius 3 is 2.42 bits per heavy atom. The molecule has 1 aliphatic carbocycles. The zero-order valence-electron chi connectivity index (χ0n) is 15.1. The molecule has 0 aromatic heterocycles. The average molecular weight is 360 g/mol. The van der Waals surface area contributed by atoms with Crippen molar-refractivity contribution in [2.75, 3.05) is 6.61 Å². The van der Waals surface area contributed by atoms with Crippen molar-refractivity contribution >= 4 is 23.7 Å². The molecule has 1 saturated carbocycles. The molecular formula is C18H30ClNO4. The highest BCUT2D eigenvalue weighted by Crippen LogP contribution is 2.30. The molecule has 1 rings (SSSR count). The molecule has 0 bridgehead atoms. The molecule has 24 heavy (non-hydrogen) atoms. The lowest BCUT2D eigenvalue weighted by molar-refractivity contribution is -0.137. The largest absolute Gasteiger partial charge is 0.463 e. The molecule has 1 amide bonds. The van der Waals surface area contributed by atoms with Gasteiger partial charge in [-0.05, 0) is 46.5 Å². The van der Waals surface area contributed by atoms with E-state index in [0.29, 0.717) is 6.61 Å². The third-order valence-corrected chi connectivity index (χ3v) is 4.30. The standard InChI is InChI=1S/C18H30ClNO4/c1-5-23-15(21)12-11-14(19)16(13-9-7-6-8-10-13)20-17(22)24-18(2,3)4/h11-14,16H,5-10H2,1-4H3,(H,20,22)/b12-11+/t14-,16+/m0/s1. The van der Waals surface area contributed by atoms with E-state index in [2.05, 4.69) is 5.32 Å². The second-order valence-electron chi connectivity index (χ2n) is 7.13. The summed E-state index contributed by atoms with van der Waals surface area (Å²) in [6.45, 7) is 7.53. The van der Waals surface area contributed by atoms with Gasteiger partial charge < -0.3 is 14.8 Å². The minimum Gasteiger partial charge on any atom is -0.463 e. The number of nitrogens with one attached hydrogen (secondary N) is 1. The normalized spacial score (nSPS) is 18.9. The number of hydrogen-bond acceptors (Lipinski definition) is 4. The first-order valence-corrected chi connectivity index (χ1v) is 9.15. The van der Waals surface area contributed by atoms with Gasteiger partial charge in [0.1, 0.15) is 5.60 Å². The minimum atomic E-state index is -0.566. The summed E-state index contributed by atoms with van der Waals surface area (Å²) in [5.41, 5.74) is -0.566. The molecule has 0 radical (unpaired) electrons. The van der Waals surface area contributed by atoms with Crippen LogP contribution in [0.1, 0.15) is 59.8 Å². The Labute approximate surface area is 150 Å². The summed E-state index contributed by atoms with van der Waals surface area (Å²) in [5, 5.41) is 2.41. The highest BCUT2D eigenvalue weighted by molar-refractivity contribution is 6.22. The van der Waals surface area contributed by atoms with E-state index in [9.17, 15) is 9.59 Å². The summed E-state index contributed by atoms with van der Waals surface area (Å²) < 4.78 is 10.2. The van der Waals surface area contributed by atoms with Gasteiger partial charge in [-0.1, -0.05) is 25.3 Å². The molecule has 6 heteroatoms. The maximum atomic E-state index is 12.1. The Morgan fingerprint density at radius 1 is 1.25 bits per heavy atom. The van der Waals surface area contributed by atoms with Crippen molar-refractivity contribution < 1.29 is 19.1 Å². The monoisotopic (exact) mass is 359 g/mol. The first kappa shape index (κ1) is 20.8. The average Bonchev–Trinajstić information content (AvgIpc) is 2.50. The van der Waals surface area contributed by atoms with Gasteiger partial charge in [0.2, 0.25) is 0 Å². The molecule has 1 N–H and O–H groups in total. The first-order chi connectivity index (χ1) is 11.2. The van der Waals surface area contributed by atoms with E-state index in [1.807, 2.05) is 20.8 Å². The molecule has 0 aliphatic heterocycles. The smallest absolute Gasteiger partial charge is 0.407 e. The Balaban J connectivity index is 2.76. The second kappa shape index (κ2) is 9.92. The lowest BCUT2D eigenvalue weighted by Gasteiger charge is -2.33. The number of alkyl carbamates (subject to hydrolysis) is 1. The topological polar surface area (TPSA) is 64.6 Å². The number of amides is 1. The molecule has 0 aromatic carbocycles. The zero-order valence-corrected chi connectivity index (χ0v) is 15.9. The Bertz CT molecular complexity index is 439. The predicted octanol–water partition coefficient (Wildman–Crippen LogP) is 4.19. The fraction of sp³-hybridized carbons (Fsp3) is 0.778. The molecule has 0 aromatic rings. The summed E-state index contributed by atoms with van der Waals surface area (Å²) in [4.78, 5) is 23.6. The van der Waals surface area contributed by atoms with Gasteiger partial charge in [-0.3, -0.25) is 0 Å². The molecular weight excluding hydrogens is 330 g/mol. The number of hydrogen-bond donors (Lipinski definition) is 1. The lowest BCUT2D eigenvalue weighted by Crippen LogP contribution is -2.48. The molecule has 0 heterocycles. The van der Waals surface area contributed by atoms with E-state index < -0.39 is 23.0 Å². The number of halogens is 1. The molecule has 138 valence electrons. The number of ether oxygens (including phenoxy) is 2. The van der Waals surface area contributed by atoms with Crippen molar-refractivity contribution in [3.8, 4) is 0 Å². The summed E-state index contributed by atoms with van der Waals surface area (Å²) in [7, 11) is 0. The van der Waals surface area contributed by atoms with Gasteiger partial charge in [-0.15, -0.1) is 11.6 Å². The van der Waals surface area contributed by atoms with Crippen LogP contribution < -0.4 is 5.32 Å². The van der Waals surface area contributed by atoms with E-state index in [0.717, 1.165) is 25.7 Å². The van der Waals surface area contributed by atoms with Gasteiger partial charge in [0.25, 0.3) is 0 Å². The van der Waals surface area contributed by atoms with Crippen LogP contribution in [0.15, 0.2) is 12.2 Å². The van der Waals surface area contributed by atoms with Gasteiger partial charge in [-0.25, -0.2) is 9.59 Å². The number of alkyl halides is 1. The van der Waals surface area contributed by atoms with Gasteiger partial charge >= 0.3 is 12.1 Å². The van der Waals surface area contributed by atoms with Gasteiger partial charge in [-0.2, -0.15) is 0 Å². The Kier molecular flexibility index (Phi) is 8.60. The van der Waals surface area contributed by atoms with Crippen LogP contribution in [0.2, 0.25) is 0 Å². The number of esters is 1. The van der Waals surface area contributed by atoms with Crippen LogP contribution in [0.3, 0.4) is 0 Å². The molecule has 2 atom stereocenters. The SMILES string of the molecule is CCOC(=O)/C=C/[C@H](Cl)[C@H](NC(=O)OC(C)(C)C)C1CCCCC1. The molecule has 1 aliphatic rings. The van der Waals surface area contributed by atoms with Crippen molar-refractivity contribution in [1.29, 1.82) is 0 Å². The van der Waals surface area contributed by atoms with Gasteiger partial charge in [0, 0.05) is 6.08 Å². The van der Waals surface area contributed by atoms with E-state index in [-0.39, 0.29) is 12.0 Å². The zero-order chi connectivity index (χ0) is 18.2. The summed E-state index contributed by atoms with van der Waals surface area (Å²) in [6, 6.07) is -0.271. The van der Waals surface area contributed by atoms with Crippen molar-refractivity contribution in [2.45, 2.75) is 76.8 Å². The fourth-order valence-corrected chi connectivity index (χ4v) is 3.22. The van der Waals surface area contributed by atoms with E-state index >= 15 is 0 Å². The molecule has 5 nitrogen and oxygen atoms in total. The third kappa shape index (κ3) is 8.04. The predicted molar refractivity (Wildman–Crippen MR) is 95.1 cm³/mol. The van der Waals surface area contributed by atoms with Crippen molar-refractivity contribution in [1.82, 2.24) is 5.32 Å². The Hall–Kier alpha value is -1.23. The minimum absolute atomic E-state index is 0.271. The van der Waals surface area contributed by atoms with Gasteiger partial charge in [0.15, 0.2) is 0 Å². The highest BCUT2D eigenvalue weighted by Gasteiger charge is 2.31.